The summed E-state index contributed by atoms with van der Waals surface area (Å²) in [5, 5.41) is 0. The van der Waals surface area contributed by atoms with Gasteiger partial charge in [-0.3, -0.25) is 0 Å². The minimum Gasteiger partial charge on any atom is -0.461 e. The third kappa shape index (κ3) is 3.13. The smallest absolute Gasteiger partial charge is 0.345 e. The predicted molar refractivity (Wildman–Crippen MR) is 35.7 cm³/mol. The number of alkyl halides is 2. The molecule has 0 radical (unpaired) electrons. The maximum atomic E-state index is 11.4. The lowest BCUT2D eigenvalue weighted by molar-refractivity contribution is -0.177. The molecule has 0 amide bonds. The largest absolute Gasteiger partial charge is 0.461 e. The molecule has 0 aromatic carbocycles. The van der Waals surface area contributed by atoms with E-state index >= 15 is 0 Å². The number of esters is 1. The van der Waals surface area contributed by atoms with E-state index in [1.165, 1.54) is 0 Å². The lowest BCUT2D eigenvalue weighted by atomic mass is 9.96. The summed E-state index contributed by atoms with van der Waals surface area (Å²) < 4.78 is 31.3. The van der Waals surface area contributed by atoms with E-state index in [0.29, 0.717) is 0 Å². The predicted octanol–water partition coefficient (Wildman–Crippen LogP) is 1.32. The van der Waals surface area contributed by atoms with E-state index in [1.807, 2.05) is 0 Å². The Kier molecular flexibility index (Phi) is 3.40. The lowest BCUT2D eigenvalue weighted by Gasteiger charge is -2.24. The molecule has 1 fully saturated rings. The molecule has 1 aliphatic rings. The van der Waals surface area contributed by atoms with Gasteiger partial charge in [-0.15, -0.1) is 0 Å². The second-order valence-electron chi connectivity index (χ2n) is 2.61. The molecule has 1 rings (SSSR count). The number of rotatable bonds is 4. The van der Waals surface area contributed by atoms with Gasteiger partial charge < -0.3 is 9.47 Å². The number of halogens is 2. The van der Waals surface area contributed by atoms with Gasteiger partial charge in [0.15, 0.2) is 6.61 Å². The maximum absolute atomic E-state index is 11.4. The van der Waals surface area contributed by atoms with Crippen molar-refractivity contribution < 1.29 is 23.0 Å². The average molecular weight is 180 g/mol. The Hall–Kier alpha value is -0.710. The fourth-order valence-electron chi connectivity index (χ4n) is 0.840. The molecule has 0 unspecified atom stereocenters. The fraction of sp³-hybridized carbons (Fsp3) is 0.857. The number of hydrogen-bond donors (Lipinski definition) is 0. The van der Waals surface area contributed by atoms with Crippen LogP contribution in [-0.2, 0) is 14.3 Å². The standard InChI is InChI=1S/C7H10F2O3/c8-7(9)11-4-6(10)12-5-2-1-3-5/h5,7H,1-4H2. The molecule has 1 saturated carbocycles. The van der Waals surface area contributed by atoms with Gasteiger partial charge in [0.1, 0.15) is 6.10 Å². The Morgan fingerprint density at radius 1 is 1.50 bits per heavy atom. The highest BCUT2D eigenvalue weighted by Crippen LogP contribution is 2.21. The molecule has 5 heteroatoms. The topological polar surface area (TPSA) is 35.5 Å². The second-order valence-corrected chi connectivity index (χ2v) is 2.61. The average Bonchev–Trinajstić information content (AvgIpc) is 1.93. The summed E-state index contributed by atoms with van der Waals surface area (Å²) in [6.45, 7) is -3.56. The monoisotopic (exact) mass is 180 g/mol. The zero-order valence-electron chi connectivity index (χ0n) is 6.46. The van der Waals surface area contributed by atoms with Crippen LogP contribution in [0, 0.1) is 0 Å². The highest BCUT2D eigenvalue weighted by atomic mass is 19.3. The minimum atomic E-state index is -2.90. The summed E-state index contributed by atoms with van der Waals surface area (Å²) >= 11 is 0. The third-order valence-corrected chi connectivity index (χ3v) is 1.68. The van der Waals surface area contributed by atoms with E-state index in [2.05, 4.69) is 4.74 Å². The van der Waals surface area contributed by atoms with Crippen LogP contribution in [0.2, 0.25) is 0 Å². The summed E-state index contributed by atoms with van der Waals surface area (Å²) in [5.74, 6) is -0.708. The molecular weight excluding hydrogens is 170 g/mol. The highest BCUT2D eigenvalue weighted by molar-refractivity contribution is 5.70. The van der Waals surface area contributed by atoms with E-state index < -0.39 is 19.2 Å². The molecule has 0 heterocycles. The van der Waals surface area contributed by atoms with Crippen molar-refractivity contribution in [2.24, 2.45) is 0 Å². The van der Waals surface area contributed by atoms with Crippen LogP contribution in [0.3, 0.4) is 0 Å². The van der Waals surface area contributed by atoms with Crippen molar-refractivity contribution in [1.29, 1.82) is 0 Å². The van der Waals surface area contributed by atoms with Gasteiger partial charge in [-0.25, -0.2) is 4.79 Å². The van der Waals surface area contributed by atoms with Gasteiger partial charge in [0.25, 0.3) is 0 Å². The van der Waals surface area contributed by atoms with Crippen LogP contribution in [0.1, 0.15) is 19.3 Å². The molecule has 12 heavy (non-hydrogen) atoms. The second kappa shape index (κ2) is 4.35. The van der Waals surface area contributed by atoms with Crippen molar-refractivity contribution in [2.45, 2.75) is 32.0 Å². The van der Waals surface area contributed by atoms with Crippen molar-refractivity contribution in [2.75, 3.05) is 6.61 Å². The molecule has 0 aromatic rings. The van der Waals surface area contributed by atoms with Crippen molar-refractivity contribution in [3.05, 3.63) is 0 Å². The summed E-state index contributed by atoms with van der Waals surface area (Å²) in [6.07, 6.45) is 2.63. The fourth-order valence-corrected chi connectivity index (χ4v) is 0.840. The first-order valence-corrected chi connectivity index (χ1v) is 3.77. The molecular formula is C7H10F2O3. The van der Waals surface area contributed by atoms with Crippen LogP contribution in [-0.4, -0.2) is 25.3 Å². The van der Waals surface area contributed by atoms with Crippen LogP contribution in [0.25, 0.3) is 0 Å². The van der Waals surface area contributed by atoms with Crippen molar-refractivity contribution >= 4 is 5.97 Å². The van der Waals surface area contributed by atoms with E-state index in [-0.39, 0.29) is 6.10 Å². The molecule has 1 aliphatic carbocycles. The van der Waals surface area contributed by atoms with Crippen molar-refractivity contribution in [3.63, 3.8) is 0 Å². The minimum absolute atomic E-state index is 0.0706. The summed E-state index contributed by atoms with van der Waals surface area (Å²) in [5.41, 5.74) is 0. The zero-order chi connectivity index (χ0) is 8.97. The number of ether oxygens (including phenoxy) is 2. The van der Waals surface area contributed by atoms with Crippen molar-refractivity contribution in [1.82, 2.24) is 0 Å². The zero-order valence-corrected chi connectivity index (χ0v) is 6.46. The maximum Gasteiger partial charge on any atom is 0.345 e. The number of carbonyl (C=O) groups is 1. The first kappa shape index (κ1) is 9.38. The molecule has 0 N–H and O–H groups in total. The van der Waals surface area contributed by atoms with Gasteiger partial charge >= 0.3 is 12.6 Å². The van der Waals surface area contributed by atoms with Crippen LogP contribution < -0.4 is 0 Å². The van der Waals surface area contributed by atoms with Crippen LogP contribution in [0.5, 0.6) is 0 Å². The van der Waals surface area contributed by atoms with Gasteiger partial charge in [0.05, 0.1) is 0 Å². The normalized spacial score (nSPS) is 17.6. The first-order chi connectivity index (χ1) is 5.68. The summed E-state index contributed by atoms with van der Waals surface area (Å²) in [7, 11) is 0. The van der Waals surface area contributed by atoms with Crippen LogP contribution >= 0.6 is 0 Å². The number of carbonyl (C=O) groups excluding carboxylic acids is 1. The Morgan fingerprint density at radius 3 is 2.58 bits per heavy atom. The van der Waals surface area contributed by atoms with Gasteiger partial charge in [-0.2, -0.15) is 8.78 Å². The molecule has 70 valence electrons. The summed E-state index contributed by atoms with van der Waals surface area (Å²) in [6, 6.07) is 0. The van der Waals surface area contributed by atoms with Gasteiger partial charge in [-0.1, -0.05) is 0 Å². The van der Waals surface area contributed by atoms with Gasteiger partial charge in [0.2, 0.25) is 0 Å². The van der Waals surface area contributed by atoms with E-state index in [4.69, 9.17) is 4.74 Å². The molecule has 0 saturated heterocycles. The molecule has 0 aromatic heterocycles. The Morgan fingerprint density at radius 2 is 2.17 bits per heavy atom. The molecule has 0 bridgehead atoms. The highest BCUT2D eigenvalue weighted by Gasteiger charge is 2.21. The van der Waals surface area contributed by atoms with Gasteiger partial charge in [-0.05, 0) is 19.3 Å². The third-order valence-electron chi connectivity index (χ3n) is 1.68. The molecule has 3 nitrogen and oxygen atoms in total. The van der Waals surface area contributed by atoms with E-state index in [9.17, 15) is 13.6 Å². The quantitative estimate of drug-likeness (QED) is 0.612. The Bertz CT molecular complexity index is 157. The number of hydrogen-bond acceptors (Lipinski definition) is 3. The Labute approximate surface area is 68.6 Å². The lowest BCUT2D eigenvalue weighted by Crippen LogP contribution is -2.27. The first-order valence-electron chi connectivity index (χ1n) is 3.77. The van der Waals surface area contributed by atoms with E-state index in [1.54, 1.807) is 0 Å². The SMILES string of the molecule is O=C(COC(F)F)OC1CCC1. The van der Waals surface area contributed by atoms with Crippen LogP contribution in [0.4, 0.5) is 8.78 Å². The molecule has 0 atom stereocenters. The van der Waals surface area contributed by atoms with Crippen molar-refractivity contribution in [3.8, 4) is 0 Å². The van der Waals surface area contributed by atoms with Gasteiger partial charge in [0, 0.05) is 0 Å². The van der Waals surface area contributed by atoms with E-state index in [0.717, 1.165) is 19.3 Å². The molecule has 0 aliphatic heterocycles. The van der Waals surface area contributed by atoms with Crippen LogP contribution in [0.15, 0.2) is 0 Å². The Balaban J connectivity index is 2.03. The summed E-state index contributed by atoms with van der Waals surface area (Å²) in [4.78, 5) is 10.7. The molecule has 0 spiro atoms.